The number of rotatable bonds is 26. The molecular weight excluding hydrogens is 656 g/mol. The molecule has 2 aliphatic heterocycles. The van der Waals surface area contributed by atoms with Gasteiger partial charge >= 0.3 is 16.4 Å². The normalized spacial score (nSPS) is 30.9. The van der Waals surface area contributed by atoms with Crippen molar-refractivity contribution in [2.45, 2.75) is 177 Å². The van der Waals surface area contributed by atoms with Gasteiger partial charge in [0.25, 0.3) is 0 Å². The second-order valence-electron chi connectivity index (χ2n) is 13.0. The van der Waals surface area contributed by atoms with E-state index >= 15 is 0 Å². The molecule has 0 amide bonds. The number of ether oxygens (including phenoxy) is 4. The first-order valence-corrected chi connectivity index (χ1v) is 19.0. The lowest BCUT2D eigenvalue weighted by Gasteiger charge is -2.44. The summed E-state index contributed by atoms with van der Waals surface area (Å²) in [4.78, 5) is 12.4. The molecule has 2 saturated heterocycles. The maximum absolute atomic E-state index is 12.4. The maximum atomic E-state index is 12.4. The van der Waals surface area contributed by atoms with Gasteiger partial charge in [-0.2, -0.15) is 8.42 Å². The number of aliphatic hydroxyl groups excluding tert-OH is 6. The zero-order valence-corrected chi connectivity index (χ0v) is 29.1. The molecule has 0 radical (unpaired) electrons. The number of hydrogen-bond acceptors (Lipinski definition) is 14. The van der Waals surface area contributed by atoms with Crippen molar-refractivity contribution in [3.05, 3.63) is 0 Å². The fourth-order valence-electron chi connectivity index (χ4n) is 6.10. The summed E-state index contributed by atoms with van der Waals surface area (Å²) >= 11 is 0. The summed E-state index contributed by atoms with van der Waals surface area (Å²) in [6.07, 6.45) is 5.67. The van der Waals surface area contributed by atoms with Gasteiger partial charge in [-0.15, -0.1) is 0 Å². The molecule has 2 fully saturated rings. The van der Waals surface area contributed by atoms with E-state index in [1.54, 1.807) is 0 Å². The lowest BCUT2D eigenvalue weighted by molar-refractivity contribution is -0.382. The molecule has 0 spiro atoms. The topological polar surface area (TPSA) is 239 Å². The van der Waals surface area contributed by atoms with E-state index in [0.717, 1.165) is 25.7 Å². The van der Waals surface area contributed by atoms with Crippen LogP contribution in [0.5, 0.6) is 0 Å². The molecule has 9 atom stereocenters. The number of hydrogen-bond donors (Lipinski definition) is 7. The van der Waals surface area contributed by atoms with Crippen LogP contribution in [-0.4, -0.2) is 124 Å². The molecule has 1 unspecified atom stereocenters. The van der Waals surface area contributed by atoms with E-state index in [2.05, 4.69) is 11.1 Å². The molecule has 0 saturated carbocycles. The van der Waals surface area contributed by atoms with E-state index in [1.165, 1.54) is 77.0 Å². The number of carbonyl (C=O) groups is 1. The summed E-state index contributed by atoms with van der Waals surface area (Å²) < 4.78 is 58.0. The van der Waals surface area contributed by atoms with Crippen LogP contribution >= 0.6 is 0 Å². The van der Waals surface area contributed by atoms with Crippen molar-refractivity contribution in [3.8, 4) is 0 Å². The Morgan fingerprint density at radius 2 is 1.23 bits per heavy atom. The Morgan fingerprint density at radius 1 is 0.729 bits per heavy atom. The average Bonchev–Trinajstić information content (AvgIpc) is 3.29. The molecule has 2 heterocycles. The highest BCUT2D eigenvalue weighted by atomic mass is 32.3. The van der Waals surface area contributed by atoms with Gasteiger partial charge in [0.1, 0.15) is 55.9 Å². The van der Waals surface area contributed by atoms with Gasteiger partial charge in [0.05, 0.1) is 6.61 Å². The van der Waals surface area contributed by atoms with Crippen molar-refractivity contribution < 1.29 is 71.5 Å². The minimum atomic E-state index is -5.17. The van der Waals surface area contributed by atoms with Crippen LogP contribution in [-0.2, 0) is 38.3 Å². The van der Waals surface area contributed by atoms with Gasteiger partial charge < -0.3 is 49.6 Å². The Kier molecular flexibility index (Phi) is 20.4. The zero-order valence-electron chi connectivity index (χ0n) is 28.3. The van der Waals surface area contributed by atoms with Crippen molar-refractivity contribution in [2.75, 3.05) is 19.8 Å². The molecule has 15 nitrogen and oxygen atoms in total. The van der Waals surface area contributed by atoms with Crippen LogP contribution < -0.4 is 0 Å². The molecule has 7 N–H and O–H groups in total. The van der Waals surface area contributed by atoms with Crippen molar-refractivity contribution in [1.82, 2.24) is 0 Å². The van der Waals surface area contributed by atoms with Gasteiger partial charge in [-0.05, 0) is 6.42 Å². The molecule has 0 aromatic heterocycles. The van der Waals surface area contributed by atoms with Gasteiger partial charge in [-0.1, -0.05) is 110 Å². The highest BCUT2D eigenvalue weighted by Crippen LogP contribution is 2.36. The third kappa shape index (κ3) is 14.7. The summed E-state index contributed by atoms with van der Waals surface area (Å²) in [5.41, 5.74) is 0. The van der Waals surface area contributed by atoms with Crippen LogP contribution in [0.2, 0.25) is 0 Å². The van der Waals surface area contributed by atoms with E-state index in [4.69, 9.17) is 18.9 Å². The monoisotopic (exact) mass is 716 g/mol. The SMILES string of the molecule is CCCCCCCCCCCCCCCCCCCC(=O)OC[C@H]1O[C@H](OC2(CO)O[C@H](CO)[C@@H](O)[C@@H]2O)[C@H](O)[C@@H](O)[C@@H]1OS(=O)(=O)O. The van der Waals surface area contributed by atoms with Crippen molar-refractivity contribution in [3.63, 3.8) is 0 Å². The summed E-state index contributed by atoms with van der Waals surface area (Å²) in [6, 6.07) is 0. The molecule has 48 heavy (non-hydrogen) atoms. The molecule has 0 bridgehead atoms. The largest absolute Gasteiger partial charge is 0.463 e. The summed E-state index contributed by atoms with van der Waals surface area (Å²) in [7, 11) is -5.17. The van der Waals surface area contributed by atoms with Crippen LogP contribution in [0, 0.1) is 0 Å². The first kappa shape index (κ1) is 43.1. The summed E-state index contributed by atoms with van der Waals surface area (Å²) in [5.74, 6) is -3.05. The number of esters is 1. The second-order valence-corrected chi connectivity index (χ2v) is 14.0. The van der Waals surface area contributed by atoms with Gasteiger partial charge in [-0.3, -0.25) is 9.35 Å². The van der Waals surface area contributed by atoms with Crippen LogP contribution in [0.3, 0.4) is 0 Å². The predicted octanol–water partition coefficient (Wildman–Crippen LogP) is 2.02. The van der Waals surface area contributed by atoms with Crippen LogP contribution in [0.25, 0.3) is 0 Å². The number of carbonyl (C=O) groups excluding carboxylic acids is 1. The Labute approximate surface area is 284 Å². The Balaban J connectivity index is 1.71. The van der Waals surface area contributed by atoms with Gasteiger partial charge in [0.2, 0.25) is 5.79 Å². The standard InChI is InChI=1S/C32H60O15S/c1-2-3-4-5-6-7-8-9-10-11-12-13-14-15-16-17-18-19-25(35)43-21-24-29(47-48(40,41)42)27(37)28(38)31(44-24)46-32(22-34)30(39)26(36)23(20-33)45-32/h23-24,26-31,33-34,36-39H,2-22H2,1H3,(H,40,41,42)/t23-,24-,26-,27-,28-,29-,30+,31-,32?/m1/s1. The minimum Gasteiger partial charge on any atom is -0.463 e. The Bertz CT molecular complexity index is 985. The average molecular weight is 717 g/mol. The lowest BCUT2D eigenvalue weighted by Crippen LogP contribution is -2.63. The van der Waals surface area contributed by atoms with Gasteiger partial charge in [0, 0.05) is 6.42 Å². The fraction of sp³-hybridized carbons (Fsp3) is 0.969. The fourth-order valence-corrected chi connectivity index (χ4v) is 6.62. The molecule has 2 rings (SSSR count). The molecule has 0 aromatic carbocycles. The third-order valence-corrected chi connectivity index (χ3v) is 9.45. The van der Waals surface area contributed by atoms with Crippen LogP contribution in [0.1, 0.15) is 122 Å². The van der Waals surface area contributed by atoms with E-state index in [-0.39, 0.29) is 6.42 Å². The van der Waals surface area contributed by atoms with Crippen molar-refractivity contribution >= 4 is 16.4 Å². The highest BCUT2D eigenvalue weighted by molar-refractivity contribution is 7.80. The third-order valence-electron chi connectivity index (χ3n) is 8.99. The maximum Gasteiger partial charge on any atom is 0.397 e. The number of aliphatic hydroxyl groups is 6. The predicted molar refractivity (Wildman–Crippen MR) is 172 cm³/mol. The second kappa shape index (κ2) is 22.7. The summed E-state index contributed by atoms with van der Waals surface area (Å²) in [5, 5.41) is 60.9. The van der Waals surface area contributed by atoms with E-state index in [1.807, 2.05) is 0 Å². The highest BCUT2D eigenvalue weighted by Gasteiger charge is 2.59. The molecule has 284 valence electrons. The van der Waals surface area contributed by atoms with Gasteiger partial charge in [-0.25, -0.2) is 4.18 Å². The van der Waals surface area contributed by atoms with Crippen molar-refractivity contribution in [1.29, 1.82) is 0 Å². The quantitative estimate of drug-likeness (QED) is 0.0385. The van der Waals surface area contributed by atoms with E-state index in [0.29, 0.717) is 6.42 Å². The smallest absolute Gasteiger partial charge is 0.397 e. The van der Waals surface area contributed by atoms with Crippen LogP contribution in [0.15, 0.2) is 0 Å². The van der Waals surface area contributed by atoms with E-state index in [9.17, 15) is 48.4 Å². The Morgan fingerprint density at radius 3 is 1.67 bits per heavy atom. The van der Waals surface area contributed by atoms with Gasteiger partial charge in [0.15, 0.2) is 6.29 Å². The van der Waals surface area contributed by atoms with Crippen molar-refractivity contribution in [2.24, 2.45) is 0 Å². The minimum absolute atomic E-state index is 0.0638. The van der Waals surface area contributed by atoms with E-state index < -0.39 is 91.0 Å². The zero-order chi connectivity index (χ0) is 35.6. The Hall–Kier alpha value is -1.02. The molecular formula is C32H60O15S. The first-order valence-electron chi connectivity index (χ1n) is 17.7. The molecule has 0 aliphatic carbocycles. The summed E-state index contributed by atoms with van der Waals surface area (Å²) in [6.45, 7) is -0.294. The van der Waals surface area contributed by atoms with Crippen LogP contribution in [0.4, 0.5) is 0 Å². The molecule has 0 aromatic rings. The number of unbranched alkanes of at least 4 members (excludes halogenated alkanes) is 16. The lowest BCUT2D eigenvalue weighted by atomic mass is 9.99. The molecule has 16 heteroatoms. The first-order chi connectivity index (χ1) is 22.9. The molecule has 2 aliphatic rings.